The fraction of sp³-hybridized carbons (Fsp3) is 1.00. The molecule has 4 nitrogen and oxygen atoms in total. The van der Waals surface area contributed by atoms with Crippen molar-refractivity contribution in [2.75, 3.05) is 47.5 Å². The molecule has 0 aromatic heterocycles. The van der Waals surface area contributed by atoms with Crippen molar-refractivity contribution in [3.8, 4) is 0 Å². The number of nitrogens with zero attached hydrogens (tertiary/aromatic N) is 1. The fourth-order valence-electron chi connectivity index (χ4n) is 3.28. The van der Waals surface area contributed by atoms with Gasteiger partial charge in [0.2, 0.25) is 0 Å². The molecule has 0 bridgehead atoms. The molecule has 0 aliphatic rings. The van der Waals surface area contributed by atoms with E-state index in [-0.39, 0.29) is 0 Å². The Bertz CT molecular complexity index is 210. The quantitative estimate of drug-likeness (QED) is 0.386. The van der Waals surface area contributed by atoms with Crippen LogP contribution in [0.4, 0.5) is 0 Å². The summed E-state index contributed by atoms with van der Waals surface area (Å²) in [4.78, 5) is 0. The molecular formula is C15H36NO3Si+. The Kier molecular flexibility index (Phi) is 10.8. The lowest BCUT2D eigenvalue weighted by molar-refractivity contribution is -0.928. The van der Waals surface area contributed by atoms with Crippen molar-refractivity contribution in [3.05, 3.63) is 0 Å². The lowest BCUT2D eigenvalue weighted by Gasteiger charge is -2.39. The highest BCUT2D eigenvalue weighted by atomic mass is 28.4. The van der Waals surface area contributed by atoms with Gasteiger partial charge in [-0.2, -0.15) is 0 Å². The summed E-state index contributed by atoms with van der Waals surface area (Å²) in [7, 11) is 2.70. The Hall–Kier alpha value is 0.0569. The molecular weight excluding hydrogens is 270 g/mol. The normalized spacial score (nSPS) is 12.9. The van der Waals surface area contributed by atoms with E-state index < -0.39 is 8.80 Å². The van der Waals surface area contributed by atoms with Crippen LogP contribution < -0.4 is 0 Å². The van der Waals surface area contributed by atoms with Gasteiger partial charge in [0.15, 0.2) is 0 Å². The lowest BCUT2D eigenvalue weighted by atomic mass is 10.2. The van der Waals surface area contributed by atoms with E-state index in [9.17, 15) is 0 Å². The Morgan fingerprint density at radius 3 is 1.40 bits per heavy atom. The van der Waals surface area contributed by atoms with Crippen LogP contribution in [-0.4, -0.2) is 60.8 Å². The zero-order chi connectivity index (χ0) is 15.5. The van der Waals surface area contributed by atoms with Crippen LogP contribution in [0.2, 0.25) is 6.04 Å². The molecule has 0 rings (SSSR count). The van der Waals surface area contributed by atoms with Crippen molar-refractivity contribution in [3.63, 3.8) is 0 Å². The fourth-order valence-corrected chi connectivity index (χ4v) is 4.98. The Balaban J connectivity index is 4.58. The predicted molar refractivity (Wildman–Crippen MR) is 86.8 cm³/mol. The van der Waals surface area contributed by atoms with E-state index >= 15 is 0 Å². The Morgan fingerprint density at radius 2 is 1.10 bits per heavy atom. The highest BCUT2D eigenvalue weighted by molar-refractivity contribution is 6.60. The van der Waals surface area contributed by atoms with Crippen LogP contribution in [0.15, 0.2) is 0 Å². The molecule has 0 saturated carbocycles. The summed E-state index contributed by atoms with van der Waals surface area (Å²) in [5.74, 6) is 0. The summed E-state index contributed by atoms with van der Waals surface area (Å²) in [5.41, 5.74) is 0. The van der Waals surface area contributed by atoms with Gasteiger partial charge in [0.25, 0.3) is 0 Å². The van der Waals surface area contributed by atoms with Crippen LogP contribution in [0.3, 0.4) is 0 Å². The summed E-state index contributed by atoms with van der Waals surface area (Å²) in [5, 5.41) is 0. The lowest BCUT2D eigenvalue weighted by Crippen LogP contribution is -2.51. The number of hydrogen-bond acceptors (Lipinski definition) is 3. The van der Waals surface area contributed by atoms with Crippen LogP contribution in [0.1, 0.15) is 46.5 Å². The average Bonchev–Trinajstić information content (AvgIpc) is 2.45. The molecule has 0 saturated heterocycles. The van der Waals surface area contributed by atoms with Gasteiger partial charge in [-0.3, -0.25) is 0 Å². The molecule has 0 N–H and O–H groups in total. The van der Waals surface area contributed by atoms with Crippen molar-refractivity contribution in [2.24, 2.45) is 0 Å². The largest absolute Gasteiger partial charge is 0.500 e. The van der Waals surface area contributed by atoms with E-state index in [1.165, 1.54) is 49.9 Å². The first-order valence-electron chi connectivity index (χ1n) is 8.08. The SMILES string of the molecule is CCC[N+](CCC)(CCC)CCC[Si](OC)(OC)OC. The topological polar surface area (TPSA) is 27.7 Å². The second kappa shape index (κ2) is 10.7. The van der Waals surface area contributed by atoms with Crippen LogP contribution in [-0.2, 0) is 13.3 Å². The van der Waals surface area contributed by atoms with Crippen LogP contribution in [0, 0.1) is 0 Å². The third kappa shape index (κ3) is 6.22. The van der Waals surface area contributed by atoms with Crippen LogP contribution >= 0.6 is 0 Å². The van der Waals surface area contributed by atoms with Gasteiger partial charge in [0, 0.05) is 33.8 Å². The van der Waals surface area contributed by atoms with E-state index in [1.807, 2.05) is 0 Å². The van der Waals surface area contributed by atoms with Gasteiger partial charge in [-0.05, 0) is 19.3 Å². The van der Waals surface area contributed by atoms with Crippen molar-refractivity contribution in [2.45, 2.75) is 52.5 Å². The van der Waals surface area contributed by atoms with Gasteiger partial charge in [0.05, 0.1) is 26.2 Å². The van der Waals surface area contributed by atoms with E-state index in [2.05, 4.69) is 20.8 Å². The standard InChI is InChI=1S/C15H36NO3Si/c1-7-11-16(12-8-2,13-9-3)14-10-15-20(17-4,18-5)19-6/h7-15H2,1-6H3/q+1. The Morgan fingerprint density at radius 1 is 0.700 bits per heavy atom. The van der Waals surface area contributed by atoms with E-state index in [4.69, 9.17) is 13.3 Å². The van der Waals surface area contributed by atoms with Crippen LogP contribution in [0.25, 0.3) is 0 Å². The molecule has 122 valence electrons. The molecule has 0 unspecified atom stereocenters. The average molecular weight is 307 g/mol. The van der Waals surface area contributed by atoms with E-state index in [0.717, 1.165) is 12.5 Å². The molecule has 20 heavy (non-hydrogen) atoms. The summed E-state index contributed by atoms with van der Waals surface area (Å²) >= 11 is 0. The second-order valence-corrected chi connectivity index (χ2v) is 8.73. The Labute approximate surface area is 127 Å². The molecule has 0 aromatic carbocycles. The van der Waals surface area contributed by atoms with Crippen molar-refractivity contribution in [1.82, 2.24) is 0 Å². The number of quaternary nitrogens is 1. The zero-order valence-corrected chi connectivity index (χ0v) is 15.5. The number of hydrogen-bond donors (Lipinski definition) is 0. The summed E-state index contributed by atoms with van der Waals surface area (Å²) in [6.45, 7) is 11.9. The minimum atomic E-state index is -2.40. The number of rotatable bonds is 13. The molecule has 0 atom stereocenters. The van der Waals surface area contributed by atoms with Crippen molar-refractivity contribution < 1.29 is 17.8 Å². The maximum absolute atomic E-state index is 5.52. The molecule has 0 radical (unpaired) electrons. The van der Waals surface area contributed by atoms with Gasteiger partial charge in [-0.1, -0.05) is 20.8 Å². The second-order valence-electron chi connectivity index (χ2n) is 5.64. The first-order valence-corrected chi connectivity index (χ1v) is 10.0. The minimum Gasteiger partial charge on any atom is -0.377 e. The molecule has 0 aromatic rings. The smallest absolute Gasteiger partial charge is 0.377 e. The first kappa shape index (κ1) is 20.1. The highest BCUT2D eigenvalue weighted by Crippen LogP contribution is 2.19. The molecule has 0 aliphatic heterocycles. The monoisotopic (exact) mass is 306 g/mol. The van der Waals surface area contributed by atoms with E-state index in [0.29, 0.717) is 0 Å². The molecule has 0 spiro atoms. The first-order chi connectivity index (χ1) is 9.57. The summed E-state index contributed by atoms with van der Waals surface area (Å²) < 4.78 is 17.8. The van der Waals surface area contributed by atoms with Crippen LogP contribution in [0.5, 0.6) is 0 Å². The molecule has 0 aliphatic carbocycles. The van der Waals surface area contributed by atoms with Gasteiger partial charge in [-0.25, -0.2) is 0 Å². The van der Waals surface area contributed by atoms with Crippen molar-refractivity contribution >= 4 is 8.80 Å². The third-order valence-electron chi connectivity index (χ3n) is 4.14. The molecule has 0 heterocycles. The van der Waals surface area contributed by atoms with Gasteiger partial charge >= 0.3 is 8.80 Å². The molecule has 5 heteroatoms. The zero-order valence-electron chi connectivity index (χ0n) is 14.5. The van der Waals surface area contributed by atoms with Crippen molar-refractivity contribution in [1.29, 1.82) is 0 Å². The van der Waals surface area contributed by atoms with Gasteiger partial charge in [0.1, 0.15) is 0 Å². The predicted octanol–water partition coefficient (Wildman–Crippen LogP) is 3.30. The molecule has 0 amide bonds. The molecule has 0 fully saturated rings. The van der Waals surface area contributed by atoms with E-state index in [1.54, 1.807) is 21.3 Å². The maximum atomic E-state index is 5.52. The summed E-state index contributed by atoms with van der Waals surface area (Å²) in [6.07, 6.45) is 4.87. The van der Waals surface area contributed by atoms with Gasteiger partial charge in [-0.15, -0.1) is 0 Å². The minimum absolute atomic E-state index is 0.910. The summed E-state index contributed by atoms with van der Waals surface area (Å²) in [6, 6.07) is 0.910. The highest BCUT2D eigenvalue weighted by Gasteiger charge is 2.38. The van der Waals surface area contributed by atoms with Gasteiger partial charge < -0.3 is 17.8 Å². The maximum Gasteiger partial charge on any atom is 0.500 e. The third-order valence-corrected chi connectivity index (χ3v) is 6.97.